The van der Waals surface area contributed by atoms with Crippen LogP contribution in [-0.4, -0.2) is 32.6 Å². The van der Waals surface area contributed by atoms with Crippen LogP contribution in [0.2, 0.25) is 0 Å². The van der Waals surface area contributed by atoms with Gasteiger partial charge in [0.2, 0.25) is 0 Å². The quantitative estimate of drug-likeness (QED) is 0.475. The van der Waals surface area contributed by atoms with E-state index in [1.165, 1.54) is 12.1 Å². The maximum absolute atomic E-state index is 12.4. The highest BCUT2D eigenvalue weighted by Crippen LogP contribution is 2.39. The van der Waals surface area contributed by atoms with Crippen molar-refractivity contribution in [1.29, 1.82) is 0 Å². The van der Waals surface area contributed by atoms with E-state index < -0.39 is 4.92 Å². The maximum Gasteiger partial charge on any atom is 0.433 e. The summed E-state index contributed by atoms with van der Waals surface area (Å²) in [6, 6.07) is 3.06. The lowest BCUT2D eigenvalue weighted by atomic mass is 10.0. The average molecular weight is 329 g/mol. The Bertz CT molecular complexity index is 516. The predicted octanol–water partition coefficient (Wildman–Crippen LogP) is 2.72. The second kappa shape index (κ2) is 4.63. The van der Waals surface area contributed by atoms with Crippen LogP contribution < -0.4 is 0 Å². The number of hydrogen-bond acceptors (Lipinski definition) is 4. The van der Waals surface area contributed by atoms with Gasteiger partial charge in [0.25, 0.3) is 5.91 Å². The first kappa shape index (κ1) is 12.7. The molecule has 6 nitrogen and oxygen atoms in total. The Morgan fingerprint density at radius 2 is 2.00 bits per heavy atom. The van der Waals surface area contributed by atoms with Crippen molar-refractivity contribution in [2.45, 2.75) is 42.6 Å². The van der Waals surface area contributed by atoms with Crippen molar-refractivity contribution in [1.82, 2.24) is 4.90 Å². The molecule has 0 spiro atoms. The van der Waals surface area contributed by atoms with Crippen LogP contribution in [0.5, 0.6) is 0 Å². The number of fused-ring (bicyclic) bond motifs is 2. The van der Waals surface area contributed by atoms with E-state index in [1.54, 1.807) is 0 Å². The van der Waals surface area contributed by atoms with Crippen molar-refractivity contribution < 1.29 is 14.1 Å². The summed E-state index contributed by atoms with van der Waals surface area (Å²) >= 11 is 3.61. The van der Waals surface area contributed by atoms with Gasteiger partial charge in [-0.25, -0.2) is 0 Å². The number of hydrogen-bond donors (Lipinski definition) is 0. The smallest absolute Gasteiger partial charge is 0.395 e. The first-order valence-electron chi connectivity index (χ1n) is 6.27. The number of nitrogens with zero attached hydrogens (tertiary/aromatic N) is 2. The molecule has 1 aromatic heterocycles. The molecule has 1 aromatic rings. The zero-order valence-electron chi connectivity index (χ0n) is 10.1. The molecule has 2 unspecified atom stereocenters. The van der Waals surface area contributed by atoms with Gasteiger partial charge in [-0.05, 0) is 31.7 Å². The number of furan rings is 1. The molecule has 3 rings (SSSR count). The molecule has 19 heavy (non-hydrogen) atoms. The lowest BCUT2D eigenvalue weighted by Crippen LogP contribution is -2.46. The molecular weight excluding hydrogens is 316 g/mol. The number of nitro groups is 1. The Morgan fingerprint density at radius 3 is 2.53 bits per heavy atom. The van der Waals surface area contributed by atoms with E-state index in [0.717, 1.165) is 25.7 Å². The number of piperidine rings is 1. The van der Waals surface area contributed by atoms with E-state index in [9.17, 15) is 14.9 Å². The van der Waals surface area contributed by atoms with Crippen LogP contribution in [-0.2, 0) is 0 Å². The molecule has 3 heterocycles. The molecule has 0 radical (unpaired) electrons. The second-order valence-electron chi connectivity index (χ2n) is 5.06. The van der Waals surface area contributed by atoms with Crippen molar-refractivity contribution >= 4 is 27.7 Å². The Hall–Kier alpha value is -1.37. The number of rotatable bonds is 2. The van der Waals surface area contributed by atoms with Gasteiger partial charge >= 0.3 is 5.88 Å². The van der Waals surface area contributed by atoms with Crippen LogP contribution in [0.3, 0.4) is 0 Å². The first-order chi connectivity index (χ1) is 9.06. The minimum Gasteiger partial charge on any atom is -0.395 e. The third-order valence-electron chi connectivity index (χ3n) is 3.89. The topological polar surface area (TPSA) is 76.6 Å². The Morgan fingerprint density at radius 1 is 1.37 bits per heavy atom. The average Bonchev–Trinajstić information content (AvgIpc) is 2.93. The van der Waals surface area contributed by atoms with Crippen molar-refractivity contribution in [3.8, 4) is 0 Å². The summed E-state index contributed by atoms with van der Waals surface area (Å²) in [6.45, 7) is 0. The zero-order valence-corrected chi connectivity index (χ0v) is 11.7. The Labute approximate surface area is 118 Å². The molecular formula is C12H13BrN2O4. The molecule has 0 N–H and O–H groups in total. The van der Waals surface area contributed by atoms with E-state index in [0.29, 0.717) is 4.83 Å². The lowest BCUT2D eigenvalue weighted by molar-refractivity contribution is -0.402. The number of halogens is 1. The summed E-state index contributed by atoms with van der Waals surface area (Å²) < 4.78 is 5.01. The van der Waals surface area contributed by atoms with Crippen LogP contribution in [0.25, 0.3) is 0 Å². The standard InChI is InChI=1S/C12H13BrN2O4/c13-7-5-8-1-2-9(6-7)14(8)12(16)10-3-4-11(19-10)15(17)18/h3-4,7-9H,1-2,5-6H2. The summed E-state index contributed by atoms with van der Waals surface area (Å²) in [7, 11) is 0. The van der Waals surface area contributed by atoms with Gasteiger partial charge in [-0.2, -0.15) is 0 Å². The number of carbonyl (C=O) groups excluding carboxylic acids is 1. The van der Waals surface area contributed by atoms with Gasteiger partial charge in [0.05, 0.1) is 6.07 Å². The van der Waals surface area contributed by atoms with Gasteiger partial charge in [0.1, 0.15) is 4.92 Å². The van der Waals surface area contributed by atoms with Crippen molar-refractivity contribution in [2.75, 3.05) is 0 Å². The fraction of sp³-hybridized carbons (Fsp3) is 0.583. The highest BCUT2D eigenvalue weighted by Gasteiger charge is 2.43. The van der Waals surface area contributed by atoms with E-state index in [4.69, 9.17) is 4.42 Å². The van der Waals surface area contributed by atoms with Crippen molar-refractivity contribution in [3.63, 3.8) is 0 Å². The van der Waals surface area contributed by atoms with E-state index in [2.05, 4.69) is 15.9 Å². The number of amides is 1. The summed E-state index contributed by atoms with van der Waals surface area (Å²) in [6.07, 6.45) is 3.87. The summed E-state index contributed by atoms with van der Waals surface area (Å²) in [4.78, 5) is 24.7. The van der Waals surface area contributed by atoms with Gasteiger partial charge in [-0.1, -0.05) is 15.9 Å². The van der Waals surface area contributed by atoms with E-state index in [-0.39, 0.29) is 29.6 Å². The molecule has 102 valence electrons. The van der Waals surface area contributed by atoms with E-state index >= 15 is 0 Å². The molecule has 2 fully saturated rings. The molecule has 0 aromatic carbocycles. The highest BCUT2D eigenvalue weighted by molar-refractivity contribution is 9.09. The summed E-state index contributed by atoms with van der Waals surface area (Å²) in [5.74, 6) is -0.539. The minimum atomic E-state index is -0.629. The highest BCUT2D eigenvalue weighted by atomic mass is 79.9. The molecule has 0 saturated carbocycles. The normalized spacial score (nSPS) is 29.5. The summed E-state index contributed by atoms with van der Waals surface area (Å²) in [5, 5.41) is 10.6. The zero-order chi connectivity index (χ0) is 13.6. The van der Waals surface area contributed by atoms with Gasteiger partial charge in [0, 0.05) is 16.9 Å². The molecule has 2 aliphatic heterocycles. The third-order valence-corrected chi connectivity index (χ3v) is 4.64. The number of carbonyl (C=O) groups is 1. The molecule has 2 aliphatic rings. The van der Waals surface area contributed by atoms with Crippen LogP contribution in [0, 0.1) is 10.1 Å². The van der Waals surface area contributed by atoms with Gasteiger partial charge in [0.15, 0.2) is 5.76 Å². The SMILES string of the molecule is O=C(c1ccc([N+](=O)[O-])o1)N1C2CCC1CC(Br)C2. The largest absolute Gasteiger partial charge is 0.433 e. The van der Waals surface area contributed by atoms with Gasteiger partial charge < -0.3 is 9.32 Å². The number of alkyl halides is 1. The summed E-state index contributed by atoms with van der Waals surface area (Å²) in [5.41, 5.74) is 0. The van der Waals surface area contributed by atoms with E-state index in [1.807, 2.05) is 4.90 Å². The molecule has 2 saturated heterocycles. The molecule has 0 aliphatic carbocycles. The molecule has 1 amide bonds. The molecule has 7 heteroatoms. The fourth-order valence-corrected chi connectivity index (χ4v) is 3.97. The van der Waals surface area contributed by atoms with Gasteiger partial charge in [-0.3, -0.25) is 14.9 Å². The maximum atomic E-state index is 12.4. The van der Waals surface area contributed by atoms with Gasteiger partial charge in [-0.15, -0.1) is 0 Å². The van der Waals surface area contributed by atoms with Crippen molar-refractivity contribution in [3.05, 3.63) is 28.0 Å². The van der Waals surface area contributed by atoms with Crippen LogP contribution in [0.15, 0.2) is 16.5 Å². The minimum absolute atomic E-state index is 0.0663. The lowest BCUT2D eigenvalue weighted by Gasteiger charge is -2.36. The Kier molecular flexibility index (Phi) is 3.08. The second-order valence-corrected chi connectivity index (χ2v) is 6.36. The monoisotopic (exact) mass is 328 g/mol. The van der Waals surface area contributed by atoms with Crippen LogP contribution >= 0.6 is 15.9 Å². The molecule has 2 bridgehead atoms. The van der Waals surface area contributed by atoms with Crippen molar-refractivity contribution in [2.24, 2.45) is 0 Å². The fourth-order valence-electron chi connectivity index (χ4n) is 3.11. The van der Waals surface area contributed by atoms with Crippen LogP contribution in [0.1, 0.15) is 36.2 Å². The predicted molar refractivity (Wildman–Crippen MR) is 70.3 cm³/mol. The third kappa shape index (κ3) is 2.16. The van der Waals surface area contributed by atoms with Crippen LogP contribution in [0.4, 0.5) is 5.88 Å². The first-order valence-corrected chi connectivity index (χ1v) is 7.19. The Balaban J connectivity index is 1.82. The molecule has 2 atom stereocenters.